The van der Waals surface area contributed by atoms with Crippen molar-refractivity contribution in [1.29, 1.82) is 0 Å². The van der Waals surface area contributed by atoms with E-state index >= 15 is 0 Å². The largest absolute Gasteiger partial charge is 0.484 e. The molecule has 2 amide bonds. The van der Waals surface area contributed by atoms with Crippen molar-refractivity contribution in [3.63, 3.8) is 0 Å². The smallest absolute Gasteiger partial charge is 0.319 e. The molecule has 30 heavy (non-hydrogen) atoms. The first-order chi connectivity index (χ1) is 14.3. The Morgan fingerprint density at radius 1 is 1.10 bits per heavy atom. The Balaban J connectivity index is 1.59. The van der Waals surface area contributed by atoms with Crippen molar-refractivity contribution < 1.29 is 9.53 Å². The number of piperazine rings is 1. The monoisotopic (exact) mass is 447 g/mol. The van der Waals surface area contributed by atoms with Crippen molar-refractivity contribution in [3.05, 3.63) is 63.1 Å². The van der Waals surface area contributed by atoms with Crippen LogP contribution in [0.25, 0.3) is 0 Å². The highest BCUT2D eigenvalue weighted by Crippen LogP contribution is 2.42. The lowest BCUT2D eigenvalue weighted by atomic mass is 10.1. The van der Waals surface area contributed by atoms with E-state index in [1.54, 1.807) is 19.0 Å². The summed E-state index contributed by atoms with van der Waals surface area (Å²) in [6.07, 6.45) is 0.651. The fourth-order valence-electron chi connectivity index (χ4n) is 4.44. The van der Waals surface area contributed by atoms with Gasteiger partial charge in [-0.15, -0.1) is 0 Å². The van der Waals surface area contributed by atoms with E-state index in [0.29, 0.717) is 23.1 Å². The number of amides is 2. The third-order valence-corrected chi connectivity index (χ3v) is 6.51. The quantitative estimate of drug-likeness (QED) is 0.686. The number of hydrogen-bond donors (Lipinski definition) is 0. The number of fused-ring (bicyclic) bond motifs is 1. The van der Waals surface area contributed by atoms with Crippen molar-refractivity contribution in [2.24, 2.45) is 0 Å². The summed E-state index contributed by atoms with van der Waals surface area (Å²) in [4.78, 5) is 18.3. The van der Waals surface area contributed by atoms with E-state index in [0.717, 1.165) is 42.0 Å². The van der Waals surface area contributed by atoms with Crippen LogP contribution in [0.4, 0.5) is 4.79 Å². The highest BCUT2D eigenvalue weighted by molar-refractivity contribution is 6.35. The molecule has 2 atom stereocenters. The summed E-state index contributed by atoms with van der Waals surface area (Å²) in [5, 5.41) is 1.32. The molecule has 1 heterocycles. The maximum atomic E-state index is 12.3. The van der Waals surface area contributed by atoms with Crippen LogP contribution in [0.2, 0.25) is 10.0 Å². The molecule has 160 valence electrons. The number of urea groups is 1. The molecular weight excluding hydrogens is 421 g/mol. The van der Waals surface area contributed by atoms with E-state index in [9.17, 15) is 4.79 Å². The molecule has 2 aliphatic rings. The van der Waals surface area contributed by atoms with Gasteiger partial charge in [-0.3, -0.25) is 4.90 Å². The van der Waals surface area contributed by atoms with Crippen LogP contribution in [0.5, 0.6) is 5.75 Å². The average molecular weight is 448 g/mol. The van der Waals surface area contributed by atoms with Crippen LogP contribution < -0.4 is 4.74 Å². The predicted molar refractivity (Wildman–Crippen MR) is 121 cm³/mol. The first kappa shape index (κ1) is 21.3. The third-order valence-electron chi connectivity index (χ3n) is 5.95. The van der Waals surface area contributed by atoms with Gasteiger partial charge in [0.05, 0.1) is 6.04 Å². The number of ether oxygens (including phenoxy) is 1. The van der Waals surface area contributed by atoms with Gasteiger partial charge < -0.3 is 14.5 Å². The summed E-state index contributed by atoms with van der Waals surface area (Å²) in [6.45, 7) is 5.07. The zero-order valence-corrected chi connectivity index (χ0v) is 19.1. The van der Waals surface area contributed by atoms with Crippen molar-refractivity contribution in [2.45, 2.75) is 25.5 Å². The molecule has 0 aromatic heterocycles. The second-order valence-corrected chi connectivity index (χ2v) is 9.13. The molecule has 1 aliphatic carbocycles. The molecule has 5 nitrogen and oxygen atoms in total. The third kappa shape index (κ3) is 4.25. The topological polar surface area (TPSA) is 36.0 Å². The van der Waals surface area contributed by atoms with E-state index in [4.69, 9.17) is 27.9 Å². The second-order valence-electron chi connectivity index (χ2n) is 8.28. The summed E-state index contributed by atoms with van der Waals surface area (Å²) >= 11 is 12.9. The Morgan fingerprint density at radius 3 is 2.50 bits per heavy atom. The van der Waals surface area contributed by atoms with Crippen LogP contribution in [-0.2, 0) is 6.42 Å². The number of hydrogen-bond acceptors (Lipinski definition) is 3. The first-order valence-corrected chi connectivity index (χ1v) is 11.0. The zero-order chi connectivity index (χ0) is 21.4. The Hall–Kier alpha value is -1.95. The van der Waals surface area contributed by atoms with Crippen molar-refractivity contribution in [2.75, 3.05) is 40.3 Å². The van der Waals surface area contributed by atoms with Crippen molar-refractivity contribution >= 4 is 29.2 Å². The highest BCUT2D eigenvalue weighted by Gasteiger charge is 2.41. The molecule has 0 N–H and O–H groups in total. The molecule has 0 radical (unpaired) electrons. The number of benzene rings is 2. The standard InChI is InChI=1S/C23H27Cl2N3O2/c1-15-5-4-6-17(11-15)30-22-19-12-16(24)13-20(25)18(19)14-21(22)27-7-9-28(10-8-27)23(29)26(2)3/h4-6,11-13,21-22H,7-10,14H2,1-3H3/t21-,22-/m0/s1. The molecule has 2 aromatic rings. The van der Waals surface area contributed by atoms with Crippen LogP contribution in [0.15, 0.2) is 36.4 Å². The molecule has 1 saturated heterocycles. The van der Waals surface area contributed by atoms with Crippen LogP contribution in [0.3, 0.4) is 0 Å². The van der Waals surface area contributed by atoms with Gasteiger partial charge in [0.2, 0.25) is 0 Å². The number of rotatable bonds is 3. The van der Waals surface area contributed by atoms with Crippen LogP contribution in [0.1, 0.15) is 22.8 Å². The van der Waals surface area contributed by atoms with Crippen molar-refractivity contribution in [1.82, 2.24) is 14.7 Å². The number of nitrogens with zero attached hydrogens (tertiary/aromatic N) is 3. The number of carbonyl (C=O) groups is 1. The molecule has 0 saturated carbocycles. The minimum absolute atomic E-state index is 0.0618. The summed E-state index contributed by atoms with van der Waals surface area (Å²) in [5.74, 6) is 0.843. The van der Waals surface area contributed by atoms with Gasteiger partial charge in [-0.05, 0) is 48.7 Å². The molecule has 4 rings (SSSR count). The zero-order valence-electron chi connectivity index (χ0n) is 17.6. The molecule has 7 heteroatoms. The van der Waals surface area contributed by atoms with Gasteiger partial charge in [-0.1, -0.05) is 35.3 Å². The average Bonchev–Trinajstić information content (AvgIpc) is 3.06. The SMILES string of the molecule is Cc1cccc(O[C@H]2c3cc(Cl)cc(Cl)c3C[C@@H]2N2CCN(C(=O)N(C)C)CC2)c1. The normalized spacial score (nSPS) is 21.4. The van der Waals surface area contributed by atoms with Gasteiger partial charge in [0.25, 0.3) is 0 Å². The van der Waals surface area contributed by atoms with Crippen LogP contribution in [0, 0.1) is 6.92 Å². The van der Waals surface area contributed by atoms with E-state index in [2.05, 4.69) is 24.0 Å². The van der Waals surface area contributed by atoms with Crippen LogP contribution >= 0.6 is 23.2 Å². The van der Waals surface area contributed by atoms with Crippen LogP contribution in [-0.4, -0.2) is 67.0 Å². The van der Waals surface area contributed by atoms with E-state index < -0.39 is 0 Å². The Labute approximate surface area is 188 Å². The fourth-order valence-corrected chi connectivity index (χ4v) is 5.03. The maximum Gasteiger partial charge on any atom is 0.319 e. The number of halogens is 2. The van der Waals surface area contributed by atoms with E-state index in [1.165, 1.54) is 0 Å². The molecular formula is C23H27Cl2N3O2. The fraction of sp³-hybridized carbons (Fsp3) is 0.435. The maximum absolute atomic E-state index is 12.3. The molecule has 0 bridgehead atoms. The minimum Gasteiger partial charge on any atom is -0.484 e. The van der Waals surface area contributed by atoms with Gasteiger partial charge in [0.15, 0.2) is 0 Å². The van der Waals surface area contributed by atoms with Gasteiger partial charge in [0.1, 0.15) is 11.9 Å². The number of aryl methyl sites for hydroxylation is 1. The van der Waals surface area contributed by atoms with Gasteiger partial charge >= 0.3 is 6.03 Å². The molecule has 1 aliphatic heterocycles. The summed E-state index contributed by atoms with van der Waals surface area (Å²) in [6, 6.07) is 12.1. The Kier molecular flexibility index (Phi) is 6.14. The Morgan fingerprint density at radius 2 is 1.83 bits per heavy atom. The van der Waals surface area contributed by atoms with Crippen molar-refractivity contribution in [3.8, 4) is 5.75 Å². The first-order valence-electron chi connectivity index (χ1n) is 10.2. The summed E-state index contributed by atoms with van der Waals surface area (Å²) < 4.78 is 6.52. The molecule has 0 spiro atoms. The minimum atomic E-state index is -0.158. The Bertz CT molecular complexity index is 942. The molecule has 1 fully saturated rings. The predicted octanol–water partition coefficient (Wildman–Crippen LogP) is 4.65. The second kappa shape index (κ2) is 8.66. The van der Waals surface area contributed by atoms with E-state index in [-0.39, 0.29) is 18.2 Å². The van der Waals surface area contributed by atoms with Gasteiger partial charge in [-0.25, -0.2) is 4.79 Å². The lowest BCUT2D eigenvalue weighted by Crippen LogP contribution is -2.55. The lowest BCUT2D eigenvalue weighted by molar-refractivity contribution is 0.0440. The molecule has 2 aromatic carbocycles. The van der Waals surface area contributed by atoms with E-state index in [1.807, 2.05) is 29.2 Å². The highest BCUT2D eigenvalue weighted by atomic mass is 35.5. The summed E-state index contributed by atoms with van der Waals surface area (Å²) in [5.41, 5.74) is 3.32. The summed E-state index contributed by atoms with van der Waals surface area (Å²) in [7, 11) is 3.58. The number of carbonyl (C=O) groups excluding carboxylic acids is 1. The van der Waals surface area contributed by atoms with Gasteiger partial charge in [-0.2, -0.15) is 0 Å². The lowest BCUT2D eigenvalue weighted by Gasteiger charge is -2.40. The van der Waals surface area contributed by atoms with Gasteiger partial charge in [0, 0.05) is 55.9 Å². The molecule has 0 unspecified atom stereocenters.